The van der Waals surface area contributed by atoms with Crippen LogP contribution in [-0.2, 0) is 16.4 Å². The van der Waals surface area contributed by atoms with Crippen molar-refractivity contribution in [1.29, 1.82) is 0 Å². The molecule has 0 N–H and O–H groups in total. The number of sulfone groups is 1. The van der Waals surface area contributed by atoms with Crippen LogP contribution in [0.15, 0.2) is 58.9 Å². The van der Waals surface area contributed by atoms with Crippen molar-refractivity contribution in [3.8, 4) is 0 Å². The van der Waals surface area contributed by atoms with Crippen LogP contribution in [0.2, 0.25) is 0 Å². The fourth-order valence-corrected chi connectivity index (χ4v) is 4.90. The van der Waals surface area contributed by atoms with Gasteiger partial charge in [0.1, 0.15) is 0 Å². The number of aromatic nitrogens is 1. The molecule has 5 nitrogen and oxygen atoms in total. The van der Waals surface area contributed by atoms with E-state index in [0.29, 0.717) is 11.3 Å². The van der Waals surface area contributed by atoms with E-state index in [1.807, 2.05) is 18.4 Å². The Bertz CT molecular complexity index is 1250. The van der Waals surface area contributed by atoms with Gasteiger partial charge in [0.15, 0.2) is 14.6 Å². The van der Waals surface area contributed by atoms with Gasteiger partial charge in [-0.15, -0.1) is 6.58 Å². The number of fused-ring (bicyclic) bond motifs is 1. The molecule has 146 valence electrons. The number of hydrogen-bond acceptors (Lipinski definition) is 4. The molecule has 0 spiro atoms. The summed E-state index contributed by atoms with van der Waals surface area (Å²) in [6.45, 7) is 10.0. The highest BCUT2D eigenvalue weighted by molar-refractivity contribution is 7.91. The van der Waals surface area contributed by atoms with E-state index in [4.69, 9.17) is 0 Å². The fraction of sp³-hybridized carbons (Fsp3) is 0.238. The third-order valence-corrected chi connectivity index (χ3v) is 7.40. The number of allylic oxidation sites excluding steroid dienone is 1. The van der Waals surface area contributed by atoms with Crippen LogP contribution in [0.1, 0.15) is 28.4 Å². The summed E-state index contributed by atoms with van der Waals surface area (Å²) in [7, 11) is -3.38. The number of nitrogens with zero attached hydrogens (tertiary/aromatic N) is 2. The molecular formula is C21H22N2O3S2. The Hall–Kier alpha value is -2.51. The van der Waals surface area contributed by atoms with Gasteiger partial charge < -0.3 is 4.57 Å². The highest BCUT2D eigenvalue weighted by Gasteiger charge is 2.15. The summed E-state index contributed by atoms with van der Waals surface area (Å²) in [5.41, 5.74) is 3.60. The van der Waals surface area contributed by atoms with Gasteiger partial charge in [-0.05, 0) is 55.3 Å². The summed E-state index contributed by atoms with van der Waals surface area (Å²) in [5, 5.41) is 0. The Balaban J connectivity index is 2.14. The van der Waals surface area contributed by atoms with Crippen LogP contribution in [0.5, 0.6) is 0 Å². The normalized spacial score (nSPS) is 12.5. The summed E-state index contributed by atoms with van der Waals surface area (Å²) in [6, 6.07) is 10.2. The van der Waals surface area contributed by atoms with E-state index in [1.54, 1.807) is 25.1 Å². The number of aryl methyl sites for hydroxylation is 2. The first kappa shape index (κ1) is 20.2. The smallest absolute Gasteiger partial charge is 0.279 e. The lowest BCUT2D eigenvalue weighted by atomic mass is 10.1. The Labute approximate surface area is 168 Å². The molecule has 0 unspecified atom stereocenters. The molecule has 3 rings (SSSR count). The lowest BCUT2D eigenvalue weighted by Crippen LogP contribution is -2.16. The van der Waals surface area contributed by atoms with Crippen molar-refractivity contribution < 1.29 is 13.2 Å². The molecule has 0 aliphatic heterocycles. The first-order chi connectivity index (χ1) is 13.3. The monoisotopic (exact) mass is 414 g/mol. The zero-order valence-electron chi connectivity index (χ0n) is 16.1. The quantitative estimate of drug-likeness (QED) is 0.592. The highest BCUT2D eigenvalue weighted by Crippen LogP contribution is 2.22. The van der Waals surface area contributed by atoms with Crippen LogP contribution >= 0.6 is 11.3 Å². The first-order valence-electron chi connectivity index (χ1n) is 8.90. The second-order valence-electron chi connectivity index (χ2n) is 6.54. The molecular weight excluding hydrogens is 392 g/mol. The molecule has 1 amide bonds. The minimum Gasteiger partial charge on any atom is -0.312 e. The lowest BCUT2D eigenvalue weighted by Gasteiger charge is -2.04. The van der Waals surface area contributed by atoms with E-state index in [0.717, 1.165) is 10.2 Å². The molecule has 0 saturated carbocycles. The number of thiazole rings is 1. The molecule has 0 aliphatic rings. The van der Waals surface area contributed by atoms with Crippen LogP contribution in [-0.4, -0.2) is 24.6 Å². The molecule has 0 bridgehead atoms. The van der Waals surface area contributed by atoms with Gasteiger partial charge in [-0.1, -0.05) is 30.4 Å². The Morgan fingerprint density at radius 1 is 1.21 bits per heavy atom. The van der Waals surface area contributed by atoms with E-state index in [2.05, 4.69) is 23.7 Å². The van der Waals surface area contributed by atoms with Crippen LogP contribution in [0.3, 0.4) is 0 Å². The van der Waals surface area contributed by atoms with Gasteiger partial charge in [-0.3, -0.25) is 4.79 Å². The second kappa shape index (κ2) is 7.85. The molecule has 0 saturated heterocycles. The average Bonchev–Trinajstić information content (AvgIpc) is 2.99. The van der Waals surface area contributed by atoms with Crippen LogP contribution in [0, 0.1) is 13.8 Å². The molecule has 0 atom stereocenters. The molecule has 28 heavy (non-hydrogen) atoms. The maximum absolute atomic E-state index is 12.8. The highest BCUT2D eigenvalue weighted by atomic mass is 32.2. The minimum absolute atomic E-state index is 0.0177. The van der Waals surface area contributed by atoms with Crippen LogP contribution in [0.4, 0.5) is 0 Å². The molecule has 0 aliphatic carbocycles. The number of amides is 1. The number of carbonyl (C=O) groups is 1. The van der Waals surface area contributed by atoms with Crippen molar-refractivity contribution in [3.05, 3.63) is 70.5 Å². The molecule has 0 radical (unpaired) electrons. The maximum atomic E-state index is 12.8. The standard InChI is InChI=1S/C21H22N2O3S2/c1-5-10-23-18-11-14(3)15(4)12-19(18)27-21(23)22-20(24)16-8-7-9-17(13-16)28(25,26)6-2/h5,7-9,11-13H,1,6,10H2,2-4H3. The van der Waals surface area contributed by atoms with Gasteiger partial charge in [0.05, 0.1) is 20.9 Å². The number of benzene rings is 2. The molecule has 2 aromatic carbocycles. The van der Waals surface area contributed by atoms with Gasteiger partial charge >= 0.3 is 0 Å². The van der Waals surface area contributed by atoms with Gasteiger partial charge in [-0.25, -0.2) is 8.42 Å². The third-order valence-electron chi connectivity index (χ3n) is 4.63. The van der Waals surface area contributed by atoms with E-state index in [-0.39, 0.29) is 16.2 Å². The molecule has 0 fully saturated rings. The molecule has 3 aromatic rings. The van der Waals surface area contributed by atoms with Gasteiger partial charge in [-0.2, -0.15) is 4.99 Å². The van der Waals surface area contributed by atoms with Crippen molar-refractivity contribution in [3.63, 3.8) is 0 Å². The zero-order valence-corrected chi connectivity index (χ0v) is 17.7. The van der Waals surface area contributed by atoms with Gasteiger partial charge in [0.25, 0.3) is 5.91 Å². The fourth-order valence-electron chi connectivity index (χ4n) is 2.85. The van der Waals surface area contributed by atoms with Crippen molar-refractivity contribution >= 4 is 37.3 Å². The predicted molar refractivity (Wildman–Crippen MR) is 114 cm³/mol. The van der Waals surface area contributed by atoms with Gasteiger partial charge in [0.2, 0.25) is 0 Å². The summed E-state index contributed by atoms with van der Waals surface area (Å²) >= 11 is 1.43. The number of hydrogen-bond donors (Lipinski definition) is 0. The topological polar surface area (TPSA) is 68.5 Å². The molecule has 1 aromatic heterocycles. The summed E-state index contributed by atoms with van der Waals surface area (Å²) in [4.78, 5) is 17.7. The van der Waals surface area contributed by atoms with E-state index in [9.17, 15) is 13.2 Å². The number of carbonyl (C=O) groups excluding carboxylic acids is 1. The lowest BCUT2D eigenvalue weighted by molar-refractivity contribution is 0.0997. The largest absolute Gasteiger partial charge is 0.312 e. The summed E-state index contributed by atoms with van der Waals surface area (Å²) < 4.78 is 27.2. The Morgan fingerprint density at radius 3 is 2.61 bits per heavy atom. The van der Waals surface area contributed by atoms with Gasteiger partial charge in [0, 0.05) is 12.1 Å². The molecule has 1 heterocycles. The third kappa shape index (κ3) is 3.86. The summed E-state index contributed by atoms with van der Waals surface area (Å²) in [5.74, 6) is -0.484. The predicted octanol–water partition coefficient (Wildman–Crippen LogP) is 4.04. The van der Waals surface area contributed by atoms with Crippen molar-refractivity contribution in [2.75, 3.05) is 5.75 Å². The second-order valence-corrected chi connectivity index (χ2v) is 9.82. The SMILES string of the molecule is C=CCn1c(=NC(=O)c2cccc(S(=O)(=O)CC)c2)sc2cc(C)c(C)cc21. The van der Waals surface area contributed by atoms with E-state index < -0.39 is 15.7 Å². The van der Waals surface area contributed by atoms with Crippen LogP contribution in [0.25, 0.3) is 10.2 Å². The van der Waals surface area contributed by atoms with E-state index >= 15 is 0 Å². The Morgan fingerprint density at radius 2 is 1.93 bits per heavy atom. The van der Waals surface area contributed by atoms with Crippen molar-refractivity contribution in [1.82, 2.24) is 4.57 Å². The van der Waals surface area contributed by atoms with Crippen molar-refractivity contribution in [2.24, 2.45) is 4.99 Å². The summed E-state index contributed by atoms with van der Waals surface area (Å²) in [6.07, 6.45) is 1.76. The first-order valence-corrected chi connectivity index (χ1v) is 11.4. The zero-order chi connectivity index (χ0) is 20.5. The van der Waals surface area contributed by atoms with E-state index in [1.165, 1.54) is 34.6 Å². The van der Waals surface area contributed by atoms with Crippen LogP contribution < -0.4 is 4.80 Å². The molecule has 7 heteroatoms. The van der Waals surface area contributed by atoms with Crippen molar-refractivity contribution in [2.45, 2.75) is 32.2 Å². The Kier molecular flexibility index (Phi) is 5.67. The maximum Gasteiger partial charge on any atom is 0.279 e. The average molecular weight is 415 g/mol. The minimum atomic E-state index is -3.38. The number of rotatable bonds is 5.